The summed E-state index contributed by atoms with van der Waals surface area (Å²) in [6.45, 7) is 6.02. The first-order valence-electron chi connectivity index (χ1n) is 25.6. The van der Waals surface area contributed by atoms with Gasteiger partial charge in [-0.2, -0.15) is 0 Å². The third-order valence-corrected chi connectivity index (χ3v) is 12.5. The number of aliphatic hydroxyl groups is 2. The third-order valence-electron chi connectivity index (χ3n) is 12.5. The van der Waals surface area contributed by atoms with E-state index < -0.39 is 145 Å². The first kappa shape index (κ1) is 62.9. The van der Waals surface area contributed by atoms with Crippen LogP contribution in [0.25, 0.3) is 0 Å². The fourth-order valence-electron chi connectivity index (χ4n) is 8.33. The molecule has 1 aromatic rings. The van der Waals surface area contributed by atoms with E-state index in [4.69, 9.17) is 22.9 Å². The molecule has 0 aliphatic carbocycles. The molecule has 2 heterocycles. The zero-order chi connectivity index (χ0) is 55.8. The Hall–Kier alpha value is -6.36. The molecule has 3 rings (SSSR count). The summed E-state index contributed by atoms with van der Waals surface area (Å²) in [6.07, 6.45) is -3.58. The SMILES string of the molecule is CC(C)C[C@@H]1NC(=O)[C@@H](Cc2ccccc2)NC(=O)[C@H](CCN)NC(=O)[C@@H](NC(=O)[C@H](CCN)NC(=O)[C@@H](NC(=O)C2CCNC2)C(C)O)CCNC(=O)C(C(C)O)NC(=O)[C@H](CCN)NC(=O)[C@H](CCN)NC1=O. The van der Waals surface area contributed by atoms with Crippen molar-refractivity contribution in [3.8, 4) is 0 Å². The number of amides is 10. The molecule has 2 saturated heterocycles. The summed E-state index contributed by atoms with van der Waals surface area (Å²) in [5, 5.41) is 49.9. The predicted molar refractivity (Wildman–Crippen MR) is 274 cm³/mol. The number of aliphatic hydroxyl groups excluding tert-OH is 2. The van der Waals surface area contributed by atoms with Crippen LogP contribution >= 0.6 is 0 Å². The fourth-order valence-corrected chi connectivity index (χ4v) is 8.33. The number of carbonyl (C=O) groups is 10. The summed E-state index contributed by atoms with van der Waals surface area (Å²) >= 11 is 0. The molecule has 2 aliphatic heterocycles. The molecule has 2 fully saturated rings. The first-order valence-corrected chi connectivity index (χ1v) is 25.6. The molecule has 0 radical (unpaired) electrons. The van der Waals surface area contributed by atoms with Crippen LogP contribution in [0.1, 0.15) is 78.2 Å². The minimum absolute atomic E-state index is 0.0619. The van der Waals surface area contributed by atoms with E-state index >= 15 is 0 Å². The maximum atomic E-state index is 14.4. The maximum Gasteiger partial charge on any atom is 0.245 e. The van der Waals surface area contributed by atoms with Gasteiger partial charge >= 0.3 is 0 Å². The second-order valence-electron chi connectivity index (χ2n) is 19.3. The van der Waals surface area contributed by atoms with Crippen molar-refractivity contribution in [3.63, 3.8) is 0 Å². The molecule has 2 aliphatic rings. The molecular weight excluding hydrogens is 979 g/mol. The van der Waals surface area contributed by atoms with E-state index in [0.717, 1.165) is 0 Å². The van der Waals surface area contributed by atoms with Crippen LogP contribution in [0.5, 0.6) is 0 Å². The van der Waals surface area contributed by atoms with Gasteiger partial charge in [0.15, 0.2) is 0 Å². The number of nitrogens with two attached hydrogens (primary N) is 4. The molecule has 10 amide bonds. The molecule has 27 nitrogen and oxygen atoms in total. The third kappa shape index (κ3) is 20.7. The molecule has 27 heteroatoms. The van der Waals surface area contributed by atoms with Gasteiger partial charge in [0.05, 0.1) is 18.1 Å². The summed E-state index contributed by atoms with van der Waals surface area (Å²) in [5.41, 5.74) is 24.0. The van der Waals surface area contributed by atoms with E-state index in [1.54, 1.807) is 44.2 Å². The van der Waals surface area contributed by atoms with E-state index in [0.29, 0.717) is 25.1 Å². The highest BCUT2D eigenvalue weighted by molar-refractivity contribution is 5.99. The molecular formula is C48H81N15O12. The van der Waals surface area contributed by atoms with E-state index in [2.05, 4.69) is 58.5 Å². The Bertz CT molecular complexity index is 2080. The molecule has 0 saturated carbocycles. The quantitative estimate of drug-likeness (QED) is 0.0577. The van der Waals surface area contributed by atoms with Gasteiger partial charge in [-0.25, -0.2) is 0 Å². The Morgan fingerprint density at radius 1 is 0.613 bits per heavy atom. The highest BCUT2D eigenvalue weighted by Gasteiger charge is 2.37. The Labute approximate surface area is 436 Å². The topological polar surface area (TPSA) is 448 Å². The summed E-state index contributed by atoms with van der Waals surface area (Å²) in [5.74, 6) is -9.29. The lowest BCUT2D eigenvalue weighted by Gasteiger charge is -2.28. The van der Waals surface area contributed by atoms with E-state index in [-0.39, 0.29) is 70.6 Å². The number of benzene rings is 1. The van der Waals surface area contributed by atoms with Crippen molar-refractivity contribution in [3.05, 3.63) is 35.9 Å². The van der Waals surface area contributed by atoms with E-state index in [1.807, 2.05) is 0 Å². The number of nitrogens with one attached hydrogen (secondary N) is 11. The van der Waals surface area contributed by atoms with Crippen LogP contribution in [0.4, 0.5) is 0 Å². The number of carbonyl (C=O) groups excluding carboxylic acids is 10. The van der Waals surface area contributed by atoms with Crippen LogP contribution in [0.2, 0.25) is 0 Å². The monoisotopic (exact) mass is 1060 g/mol. The number of hydrogen-bond donors (Lipinski definition) is 17. The molecule has 0 spiro atoms. The lowest BCUT2D eigenvalue weighted by molar-refractivity contribution is -0.136. The van der Waals surface area contributed by atoms with Crippen molar-refractivity contribution in [2.75, 3.05) is 45.8 Å². The molecule has 12 atom stereocenters. The summed E-state index contributed by atoms with van der Waals surface area (Å²) < 4.78 is 0. The predicted octanol–water partition coefficient (Wildman–Crippen LogP) is -7.08. The Morgan fingerprint density at radius 3 is 1.64 bits per heavy atom. The van der Waals surface area contributed by atoms with Gasteiger partial charge < -0.3 is 91.6 Å². The average molecular weight is 1060 g/mol. The van der Waals surface area contributed by atoms with Crippen molar-refractivity contribution in [2.45, 2.75) is 146 Å². The Morgan fingerprint density at radius 2 is 1.13 bits per heavy atom. The molecule has 21 N–H and O–H groups in total. The smallest absolute Gasteiger partial charge is 0.245 e. The number of hydrogen-bond acceptors (Lipinski definition) is 17. The van der Waals surface area contributed by atoms with Crippen LogP contribution in [0, 0.1) is 11.8 Å². The van der Waals surface area contributed by atoms with Crippen LogP contribution in [0.3, 0.4) is 0 Å². The normalized spacial score (nSPS) is 25.6. The van der Waals surface area contributed by atoms with E-state index in [1.165, 1.54) is 13.8 Å². The van der Waals surface area contributed by atoms with Crippen molar-refractivity contribution in [2.24, 2.45) is 34.8 Å². The van der Waals surface area contributed by atoms with E-state index in [9.17, 15) is 58.2 Å². The molecule has 420 valence electrons. The zero-order valence-corrected chi connectivity index (χ0v) is 43.3. The molecule has 75 heavy (non-hydrogen) atoms. The lowest BCUT2D eigenvalue weighted by Crippen LogP contribution is -2.61. The van der Waals surface area contributed by atoms with Gasteiger partial charge in [-0.05, 0) is 103 Å². The maximum absolute atomic E-state index is 14.4. The Kier molecular flexibility index (Phi) is 27.0. The zero-order valence-electron chi connectivity index (χ0n) is 43.3. The van der Waals surface area contributed by atoms with Gasteiger partial charge in [-0.1, -0.05) is 44.2 Å². The van der Waals surface area contributed by atoms with Crippen molar-refractivity contribution in [1.29, 1.82) is 0 Å². The highest BCUT2D eigenvalue weighted by atomic mass is 16.3. The van der Waals surface area contributed by atoms with Crippen LogP contribution in [0.15, 0.2) is 30.3 Å². The minimum Gasteiger partial charge on any atom is -0.391 e. The summed E-state index contributed by atoms with van der Waals surface area (Å²) in [6, 6.07) is -4.48. The van der Waals surface area contributed by atoms with Crippen LogP contribution < -0.4 is 81.4 Å². The molecule has 1 aromatic carbocycles. The summed E-state index contributed by atoms with van der Waals surface area (Å²) in [7, 11) is 0. The van der Waals surface area contributed by atoms with Gasteiger partial charge in [0.1, 0.15) is 54.4 Å². The van der Waals surface area contributed by atoms with Gasteiger partial charge in [-0.3, -0.25) is 47.9 Å². The standard InChI is InChI=1S/C48H81N15O12/c1-25(2)22-35-45(72)57-30(10-16-49)40(67)56-33(13-19-52)44(71)63-37(26(3)64)47(74)54-21-15-34(43(70)55-31(11-17-50)42(69)61-36(46(73)60-35)23-28-8-6-5-7-9-28)58-41(68)32(12-18-51)59-48(75)38(27(4)65)62-39(66)29-14-20-53-24-29/h5-9,25-27,29-38,53,64-65H,10-24,49-52H2,1-4H3,(H,54,74)(H,55,70)(H,56,67)(H,57,72)(H,58,68)(H,59,75)(H,60,73)(H,61,69)(H,62,66)(H,63,71)/t26?,27?,29?,30-,31-,32-,33-,34-,35-,36+,37?,38-/m0/s1. The largest absolute Gasteiger partial charge is 0.391 e. The van der Waals surface area contributed by atoms with Gasteiger partial charge in [0.2, 0.25) is 59.1 Å². The minimum atomic E-state index is -1.66. The first-order chi connectivity index (χ1) is 35.6. The van der Waals surface area contributed by atoms with Gasteiger partial charge in [-0.15, -0.1) is 0 Å². The molecule has 0 aromatic heterocycles. The van der Waals surface area contributed by atoms with Crippen LogP contribution in [-0.4, -0.2) is 182 Å². The number of rotatable bonds is 20. The second-order valence-corrected chi connectivity index (χ2v) is 19.3. The summed E-state index contributed by atoms with van der Waals surface area (Å²) in [4.78, 5) is 139. The molecule has 4 unspecified atom stereocenters. The van der Waals surface area contributed by atoms with Crippen LogP contribution in [-0.2, 0) is 54.4 Å². The highest BCUT2D eigenvalue weighted by Crippen LogP contribution is 2.12. The van der Waals surface area contributed by atoms with Gasteiger partial charge in [0.25, 0.3) is 0 Å². The van der Waals surface area contributed by atoms with Crippen molar-refractivity contribution in [1.82, 2.24) is 58.5 Å². The van der Waals surface area contributed by atoms with Gasteiger partial charge in [0, 0.05) is 19.5 Å². The van der Waals surface area contributed by atoms with Crippen molar-refractivity contribution >= 4 is 59.1 Å². The molecule has 0 bridgehead atoms. The second kappa shape index (κ2) is 32.2. The van der Waals surface area contributed by atoms with Crippen molar-refractivity contribution < 1.29 is 58.2 Å². The fraction of sp³-hybridized carbons (Fsp3) is 0.667. The average Bonchev–Trinajstić information content (AvgIpc) is 3.91. The lowest BCUT2D eigenvalue weighted by atomic mass is 10.00. The Balaban J connectivity index is 2.11.